The monoisotopic (exact) mass is 321 g/mol. The van der Waals surface area contributed by atoms with Gasteiger partial charge in [-0.1, -0.05) is 35.9 Å². The molecule has 0 atom stereocenters. The summed E-state index contributed by atoms with van der Waals surface area (Å²) in [5.41, 5.74) is 2.58. The lowest BCUT2D eigenvalue weighted by molar-refractivity contribution is 0.0940. The molecule has 1 aromatic heterocycles. The first kappa shape index (κ1) is 15.8. The Kier molecular flexibility index (Phi) is 4.91. The molecule has 0 aliphatic carbocycles. The van der Waals surface area contributed by atoms with Crippen molar-refractivity contribution in [2.45, 2.75) is 6.92 Å². The molecule has 0 aliphatic rings. The lowest BCUT2D eigenvalue weighted by Gasteiger charge is -2.10. The van der Waals surface area contributed by atoms with Gasteiger partial charge in [0, 0.05) is 5.69 Å². The van der Waals surface area contributed by atoms with Crippen LogP contribution >= 0.6 is 0 Å². The van der Waals surface area contributed by atoms with Crippen LogP contribution < -0.4 is 10.1 Å². The number of hydrogen-bond donors (Lipinski definition) is 1. The summed E-state index contributed by atoms with van der Waals surface area (Å²) in [4.78, 5) is 16.4. The van der Waals surface area contributed by atoms with Crippen molar-refractivity contribution >= 4 is 5.91 Å². The van der Waals surface area contributed by atoms with Crippen molar-refractivity contribution in [2.75, 3.05) is 13.2 Å². The molecule has 5 heteroatoms. The van der Waals surface area contributed by atoms with Crippen LogP contribution in [0.3, 0.4) is 0 Å². The molecule has 0 bridgehead atoms. The molecule has 0 saturated carbocycles. The van der Waals surface area contributed by atoms with E-state index in [4.69, 9.17) is 4.74 Å². The average Bonchev–Trinajstić information content (AvgIpc) is 3.11. The number of nitrogens with zero attached hydrogens (tertiary/aromatic N) is 2. The zero-order valence-corrected chi connectivity index (χ0v) is 13.5. The van der Waals surface area contributed by atoms with Crippen LogP contribution in [-0.4, -0.2) is 28.6 Å². The highest BCUT2D eigenvalue weighted by Gasteiger charge is 2.12. The largest absolute Gasteiger partial charge is 0.492 e. The van der Waals surface area contributed by atoms with E-state index >= 15 is 0 Å². The molecule has 0 spiro atoms. The van der Waals surface area contributed by atoms with Crippen molar-refractivity contribution in [2.24, 2.45) is 0 Å². The Labute approximate surface area is 140 Å². The first-order valence-electron chi connectivity index (χ1n) is 7.79. The maximum Gasteiger partial charge on any atom is 0.270 e. The first-order valence-corrected chi connectivity index (χ1v) is 7.79. The quantitative estimate of drug-likeness (QED) is 0.710. The third kappa shape index (κ3) is 3.81. The molecule has 3 rings (SSSR count). The number of aromatic nitrogens is 2. The molecule has 0 saturated heterocycles. The Balaban J connectivity index is 1.54. The van der Waals surface area contributed by atoms with Crippen molar-refractivity contribution in [3.63, 3.8) is 0 Å². The van der Waals surface area contributed by atoms with Gasteiger partial charge in [-0.2, -0.15) is 0 Å². The highest BCUT2D eigenvalue weighted by molar-refractivity contribution is 5.92. The lowest BCUT2D eigenvalue weighted by Crippen LogP contribution is -2.29. The van der Waals surface area contributed by atoms with Gasteiger partial charge in [-0.3, -0.25) is 9.36 Å². The third-order valence-electron chi connectivity index (χ3n) is 3.58. The molecule has 2 aromatic carbocycles. The molecular weight excluding hydrogens is 302 g/mol. The SMILES string of the molecule is Cc1ccc(OCCNC(=O)c2cncn2-c2ccccc2)cc1. The van der Waals surface area contributed by atoms with Crippen LogP contribution in [0, 0.1) is 6.92 Å². The van der Waals surface area contributed by atoms with E-state index in [-0.39, 0.29) is 5.91 Å². The second kappa shape index (κ2) is 7.46. The summed E-state index contributed by atoms with van der Waals surface area (Å²) in [7, 11) is 0. The molecule has 0 radical (unpaired) electrons. The van der Waals surface area contributed by atoms with Gasteiger partial charge in [0.2, 0.25) is 0 Å². The van der Waals surface area contributed by atoms with Gasteiger partial charge >= 0.3 is 0 Å². The fraction of sp³-hybridized carbons (Fsp3) is 0.158. The number of carbonyl (C=O) groups excluding carboxylic acids is 1. The number of imidazole rings is 1. The molecule has 1 heterocycles. The summed E-state index contributed by atoms with van der Waals surface area (Å²) in [6, 6.07) is 17.5. The molecule has 0 fully saturated rings. The lowest BCUT2D eigenvalue weighted by atomic mass is 10.2. The summed E-state index contributed by atoms with van der Waals surface area (Å²) in [6.45, 7) is 2.86. The standard InChI is InChI=1S/C19H19N3O2/c1-15-7-9-17(10-8-15)24-12-11-21-19(23)18-13-20-14-22(18)16-5-3-2-4-6-16/h2-10,13-14H,11-12H2,1H3,(H,21,23). The zero-order valence-electron chi connectivity index (χ0n) is 13.5. The van der Waals surface area contributed by atoms with Crippen LogP contribution in [0.2, 0.25) is 0 Å². The predicted octanol–water partition coefficient (Wildman–Crippen LogP) is 2.99. The van der Waals surface area contributed by atoms with E-state index in [1.807, 2.05) is 61.5 Å². The first-order chi connectivity index (χ1) is 11.7. The van der Waals surface area contributed by atoms with Crippen molar-refractivity contribution in [1.82, 2.24) is 14.9 Å². The molecule has 0 aliphatic heterocycles. The maximum atomic E-state index is 12.3. The number of amides is 1. The average molecular weight is 321 g/mol. The van der Waals surface area contributed by atoms with Crippen molar-refractivity contribution in [3.8, 4) is 11.4 Å². The third-order valence-corrected chi connectivity index (χ3v) is 3.58. The molecule has 24 heavy (non-hydrogen) atoms. The Morgan fingerprint density at radius 2 is 1.88 bits per heavy atom. The highest BCUT2D eigenvalue weighted by Crippen LogP contribution is 2.12. The number of rotatable bonds is 6. The Hall–Kier alpha value is -3.08. The molecule has 1 amide bonds. The number of aryl methyl sites for hydroxylation is 1. The normalized spacial score (nSPS) is 10.4. The Morgan fingerprint density at radius 1 is 1.12 bits per heavy atom. The summed E-state index contributed by atoms with van der Waals surface area (Å²) < 4.78 is 7.37. The van der Waals surface area contributed by atoms with Crippen molar-refractivity contribution in [3.05, 3.63) is 78.4 Å². The Morgan fingerprint density at radius 3 is 2.62 bits per heavy atom. The van der Waals surface area contributed by atoms with Gasteiger partial charge in [0.1, 0.15) is 18.1 Å². The van der Waals surface area contributed by atoms with Gasteiger partial charge in [-0.15, -0.1) is 0 Å². The molecule has 5 nitrogen and oxygen atoms in total. The van der Waals surface area contributed by atoms with Gasteiger partial charge in [0.15, 0.2) is 0 Å². The van der Waals surface area contributed by atoms with Crippen LogP contribution in [0.15, 0.2) is 67.1 Å². The number of carbonyl (C=O) groups is 1. The van der Waals surface area contributed by atoms with Gasteiger partial charge < -0.3 is 10.1 Å². The van der Waals surface area contributed by atoms with Gasteiger partial charge in [0.25, 0.3) is 5.91 Å². The van der Waals surface area contributed by atoms with Crippen LogP contribution in [-0.2, 0) is 0 Å². The minimum atomic E-state index is -0.177. The van der Waals surface area contributed by atoms with Crippen LogP contribution in [0.4, 0.5) is 0 Å². The Bertz CT molecular complexity index is 795. The van der Waals surface area contributed by atoms with Crippen LogP contribution in [0.25, 0.3) is 5.69 Å². The fourth-order valence-corrected chi connectivity index (χ4v) is 2.32. The maximum absolute atomic E-state index is 12.3. The molecule has 0 unspecified atom stereocenters. The topological polar surface area (TPSA) is 56.1 Å². The zero-order chi connectivity index (χ0) is 16.8. The second-order valence-electron chi connectivity index (χ2n) is 5.40. The minimum Gasteiger partial charge on any atom is -0.492 e. The van der Waals surface area contributed by atoms with Crippen molar-refractivity contribution in [1.29, 1.82) is 0 Å². The molecule has 122 valence electrons. The molecule has 3 aromatic rings. The van der Waals surface area contributed by atoms with Gasteiger partial charge in [-0.05, 0) is 31.2 Å². The second-order valence-corrected chi connectivity index (χ2v) is 5.40. The number of ether oxygens (including phenoxy) is 1. The summed E-state index contributed by atoms with van der Waals surface area (Å²) in [5.74, 6) is 0.619. The number of nitrogens with one attached hydrogen (secondary N) is 1. The molecule has 1 N–H and O–H groups in total. The number of hydrogen-bond acceptors (Lipinski definition) is 3. The summed E-state index contributed by atoms with van der Waals surface area (Å²) in [6.07, 6.45) is 3.19. The van der Waals surface area contributed by atoms with Gasteiger partial charge in [0.05, 0.1) is 19.1 Å². The summed E-state index contributed by atoms with van der Waals surface area (Å²) >= 11 is 0. The molecular formula is C19H19N3O2. The fourth-order valence-electron chi connectivity index (χ4n) is 2.32. The number of benzene rings is 2. The highest BCUT2D eigenvalue weighted by atomic mass is 16.5. The number of para-hydroxylation sites is 1. The smallest absolute Gasteiger partial charge is 0.270 e. The van der Waals surface area contributed by atoms with E-state index in [2.05, 4.69) is 10.3 Å². The van der Waals surface area contributed by atoms with E-state index in [9.17, 15) is 4.79 Å². The van der Waals surface area contributed by atoms with E-state index in [0.717, 1.165) is 11.4 Å². The predicted molar refractivity (Wildman–Crippen MR) is 92.6 cm³/mol. The van der Waals surface area contributed by atoms with Crippen molar-refractivity contribution < 1.29 is 9.53 Å². The van der Waals surface area contributed by atoms with Crippen LogP contribution in [0.1, 0.15) is 16.1 Å². The minimum absolute atomic E-state index is 0.177. The van der Waals surface area contributed by atoms with E-state index in [1.54, 1.807) is 17.1 Å². The van der Waals surface area contributed by atoms with Gasteiger partial charge in [-0.25, -0.2) is 4.98 Å². The van der Waals surface area contributed by atoms with E-state index < -0.39 is 0 Å². The van der Waals surface area contributed by atoms with Crippen LogP contribution in [0.5, 0.6) is 5.75 Å². The van der Waals surface area contributed by atoms with E-state index in [0.29, 0.717) is 18.8 Å². The van der Waals surface area contributed by atoms with E-state index in [1.165, 1.54) is 5.56 Å². The summed E-state index contributed by atoms with van der Waals surface area (Å²) in [5, 5.41) is 2.85.